The summed E-state index contributed by atoms with van der Waals surface area (Å²) in [5, 5.41) is 12.6. The Balaban J connectivity index is 0.942. The van der Waals surface area contributed by atoms with Gasteiger partial charge in [-0.15, -0.1) is 0 Å². The van der Waals surface area contributed by atoms with Gasteiger partial charge < -0.3 is 4.42 Å². The zero-order valence-electron chi connectivity index (χ0n) is 34.5. The SMILES string of the molecule is CC1(C)c2ccc(-c3cccc(-c4c5ccccc5c(-c5ccc(-c6ccc7oc8ccccc8c7c6)cc5)c5ccccc45)c3)cc2-c2c1c1ccccc1c1ccccc21. The molecule has 0 spiro atoms. The molecule has 1 aromatic heterocycles. The number of furan rings is 1. The Morgan fingerprint density at radius 2 is 0.742 bits per heavy atom. The summed E-state index contributed by atoms with van der Waals surface area (Å²) in [6.45, 7) is 4.80. The number of hydrogen-bond acceptors (Lipinski definition) is 1. The first-order valence-electron chi connectivity index (χ1n) is 21.7. The molecule has 0 saturated heterocycles. The number of rotatable bonds is 4. The number of benzene rings is 11. The topological polar surface area (TPSA) is 13.1 Å². The van der Waals surface area contributed by atoms with E-state index in [9.17, 15) is 0 Å². The van der Waals surface area contributed by atoms with E-state index in [-0.39, 0.29) is 5.41 Å². The van der Waals surface area contributed by atoms with Gasteiger partial charge >= 0.3 is 0 Å². The predicted octanol–water partition coefficient (Wildman–Crippen LogP) is 17.2. The molecule has 0 atom stereocenters. The Bertz CT molecular complexity index is 3770. The van der Waals surface area contributed by atoms with Gasteiger partial charge in [0.25, 0.3) is 0 Å². The molecule has 0 radical (unpaired) electrons. The number of fused-ring (bicyclic) bond motifs is 13. The van der Waals surface area contributed by atoms with Gasteiger partial charge in [-0.2, -0.15) is 0 Å². The Morgan fingerprint density at radius 1 is 0.290 bits per heavy atom. The zero-order chi connectivity index (χ0) is 41.1. The molecule has 0 N–H and O–H groups in total. The summed E-state index contributed by atoms with van der Waals surface area (Å²) in [5.41, 5.74) is 17.0. The maximum atomic E-state index is 6.13. The fourth-order valence-corrected chi connectivity index (χ4v) is 11.0. The molecular weight excluding hydrogens is 749 g/mol. The van der Waals surface area contributed by atoms with Gasteiger partial charge in [0.15, 0.2) is 0 Å². The van der Waals surface area contributed by atoms with E-state index in [1.807, 2.05) is 12.1 Å². The molecule has 1 aliphatic carbocycles. The molecule has 0 fully saturated rings. The van der Waals surface area contributed by atoms with Crippen molar-refractivity contribution < 1.29 is 4.42 Å². The Morgan fingerprint density at radius 3 is 1.42 bits per heavy atom. The van der Waals surface area contributed by atoms with Gasteiger partial charge in [0.05, 0.1) is 0 Å². The second kappa shape index (κ2) is 13.1. The summed E-state index contributed by atoms with van der Waals surface area (Å²) in [6, 6.07) is 76.2. The lowest BCUT2D eigenvalue weighted by atomic mass is 9.79. The summed E-state index contributed by atoms with van der Waals surface area (Å²) >= 11 is 0. The van der Waals surface area contributed by atoms with Crippen molar-refractivity contribution in [3.8, 4) is 55.6 Å². The second-order valence-electron chi connectivity index (χ2n) is 17.5. The van der Waals surface area contributed by atoms with Crippen molar-refractivity contribution >= 4 is 65.0 Å². The number of para-hydroxylation sites is 1. The summed E-state index contributed by atoms with van der Waals surface area (Å²) in [4.78, 5) is 0. The first kappa shape index (κ1) is 35.1. The van der Waals surface area contributed by atoms with Crippen molar-refractivity contribution in [1.29, 1.82) is 0 Å². The van der Waals surface area contributed by atoms with Crippen LogP contribution >= 0.6 is 0 Å². The lowest BCUT2D eigenvalue weighted by Crippen LogP contribution is -2.15. The molecule has 0 unspecified atom stereocenters. The van der Waals surface area contributed by atoms with E-state index < -0.39 is 0 Å². The van der Waals surface area contributed by atoms with E-state index in [0.29, 0.717) is 0 Å². The van der Waals surface area contributed by atoms with Crippen LogP contribution in [0.25, 0.3) is 121 Å². The summed E-state index contributed by atoms with van der Waals surface area (Å²) in [6.07, 6.45) is 0. The van der Waals surface area contributed by atoms with Crippen LogP contribution in [0.2, 0.25) is 0 Å². The largest absolute Gasteiger partial charge is 0.456 e. The van der Waals surface area contributed by atoms with Crippen LogP contribution in [-0.4, -0.2) is 0 Å². The Hall–Kier alpha value is -7.74. The maximum absolute atomic E-state index is 6.13. The second-order valence-corrected chi connectivity index (χ2v) is 17.5. The smallest absolute Gasteiger partial charge is 0.135 e. The van der Waals surface area contributed by atoms with E-state index in [1.165, 1.54) is 110 Å². The minimum absolute atomic E-state index is 0.127. The van der Waals surface area contributed by atoms with E-state index in [2.05, 4.69) is 208 Å². The molecule has 1 heteroatoms. The predicted molar refractivity (Wildman–Crippen MR) is 263 cm³/mol. The zero-order valence-corrected chi connectivity index (χ0v) is 34.5. The molecule has 12 aromatic rings. The van der Waals surface area contributed by atoms with Gasteiger partial charge in [0.2, 0.25) is 0 Å². The first-order valence-corrected chi connectivity index (χ1v) is 21.7. The first-order chi connectivity index (χ1) is 30.5. The Labute approximate surface area is 360 Å². The summed E-state index contributed by atoms with van der Waals surface area (Å²) in [7, 11) is 0. The van der Waals surface area contributed by atoms with Crippen molar-refractivity contribution in [2.75, 3.05) is 0 Å². The highest BCUT2D eigenvalue weighted by Crippen LogP contribution is 2.55. The van der Waals surface area contributed by atoms with Gasteiger partial charge in [-0.1, -0.05) is 190 Å². The molecule has 1 heterocycles. The quantitative estimate of drug-likeness (QED) is 0.128. The molecule has 62 heavy (non-hydrogen) atoms. The van der Waals surface area contributed by atoms with Crippen LogP contribution in [0.1, 0.15) is 25.0 Å². The normalized spacial score (nSPS) is 13.1. The highest BCUT2D eigenvalue weighted by molar-refractivity contribution is 6.22. The number of hydrogen-bond donors (Lipinski definition) is 0. The van der Waals surface area contributed by atoms with Gasteiger partial charge in [0, 0.05) is 16.2 Å². The molecule has 0 amide bonds. The van der Waals surface area contributed by atoms with Crippen LogP contribution in [0.3, 0.4) is 0 Å². The third-order valence-corrected chi connectivity index (χ3v) is 13.8. The molecule has 290 valence electrons. The lowest BCUT2D eigenvalue weighted by Gasteiger charge is -2.24. The monoisotopic (exact) mass is 788 g/mol. The van der Waals surface area contributed by atoms with Gasteiger partial charge in [-0.05, 0) is 140 Å². The average Bonchev–Trinajstić information content (AvgIpc) is 3.82. The minimum Gasteiger partial charge on any atom is -0.456 e. The highest BCUT2D eigenvalue weighted by Gasteiger charge is 2.38. The van der Waals surface area contributed by atoms with Crippen LogP contribution in [-0.2, 0) is 5.41 Å². The fourth-order valence-electron chi connectivity index (χ4n) is 11.0. The molecular formula is C61H40O. The summed E-state index contributed by atoms with van der Waals surface area (Å²) in [5.74, 6) is 0. The van der Waals surface area contributed by atoms with E-state index in [0.717, 1.165) is 21.9 Å². The maximum Gasteiger partial charge on any atom is 0.135 e. The van der Waals surface area contributed by atoms with Crippen molar-refractivity contribution in [2.45, 2.75) is 19.3 Å². The standard InChI is InChI=1S/C61H40O/c1-61(2)54-32-30-41(36-53(54)59-46-19-5-3-16-43(46)44-17-4-10-24-51(44)60(59)61)39-14-13-15-42(34-39)58-49-22-8-6-20-47(49)57(48-21-7-9-23-50(48)58)38-28-26-37(27-29-38)40-31-33-56-52(35-40)45-18-11-12-25-55(45)62-56/h3-36H,1-2H3. The average molecular weight is 789 g/mol. The molecule has 1 aliphatic rings. The van der Waals surface area contributed by atoms with Crippen LogP contribution in [0.4, 0.5) is 0 Å². The molecule has 0 saturated carbocycles. The molecule has 0 bridgehead atoms. The third kappa shape index (κ3) is 5.03. The van der Waals surface area contributed by atoms with Crippen LogP contribution in [0.15, 0.2) is 211 Å². The Kier molecular flexibility index (Phi) is 7.42. The third-order valence-electron chi connectivity index (χ3n) is 13.8. The van der Waals surface area contributed by atoms with Crippen molar-refractivity contribution in [1.82, 2.24) is 0 Å². The van der Waals surface area contributed by atoms with Crippen molar-refractivity contribution in [3.05, 3.63) is 217 Å². The van der Waals surface area contributed by atoms with Crippen molar-refractivity contribution in [2.24, 2.45) is 0 Å². The van der Waals surface area contributed by atoms with Crippen LogP contribution in [0.5, 0.6) is 0 Å². The molecule has 1 nitrogen and oxygen atoms in total. The summed E-state index contributed by atoms with van der Waals surface area (Å²) < 4.78 is 6.13. The molecule has 0 aliphatic heterocycles. The van der Waals surface area contributed by atoms with Gasteiger partial charge in [-0.25, -0.2) is 0 Å². The minimum atomic E-state index is -0.127. The lowest BCUT2D eigenvalue weighted by molar-refractivity contribution is 0.666. The highest BCUT2D eigenvalue weighted by atomic mass is 16.3. The van der Waals surface area contributed by atoms with E-state index in [4.69, 9.17) is 4.42 Å². The van der Waals surface area contributed by atoms with Crippen LogP contribution in [0, 0.1) is 0 Å². The molecule has 13 rings (SSSR count). The van der Waals surface area contributed by atoms with E-state index >= 15 is 0 Å². The van der Waals surface area contributed by atoms with Crippen LogP contribution < -0.4 is 0 Å². The van der Waals surface area contributed by atoms with Gasteiger partial charge in [-0.3, -0.25) is 0 Å². The fraction of sp³-hybridized carbons (Fsp3) is 0.0492. The molecule has 11 aromatic carbocycles. The van der Waals surface area contributed by atoms with Gasteiger partial charge in [0.1, 0.15) is 11.2 Å². The van der Waals surface area contributed by atoms with Crippen molar-refractivity contribution in [3.63, 3.8) is 0 Å². The van der Waals surface area contributed by atoms with E-state index in [1.54, 1.807) is 0 Å².